The Balaban J connectivity index is 1.49. The number of amides is 1. The van der Waals surface area contributed by atoms with Crippen molar-refractivity contribution >= 4 is 16.8 Å². The van der Waals surface area contributed by atoms with Crippen molar-refractivity contribution in [1.29, 1.82) is 0 Å². The van der Waals surface area contributed by atoms with Crippen LogP contribution < -0.4 is 5.32 Å². The van der Waals surface area contributed by atoms with E-state index in [0.717, 1.165) is 27.8 Å². The first-order chi connectivity index (χ1) is 12.2. The monoisotopic (exact) mass is 330 g/mol. The van der Waals surface area contributed by atoms with Gasteiger partial charge in [-0.15, -0.1) is 0 Å². The Morgan fingerprint density at radius 2 is 1.88 bits per heavy atom. The summed E-state index contributed by atoms with van der Waals surface area (Å²) in [7, 11) is 0. The summed E-state index contributed by atoms with van der Waals surface area (Å²) in [4.78, 5) is 15.6. The summed E-state index contributed by atoms with van der Waals surface area (Å²) in [6, 6.07) is 19.6. The highest BCUT2D eigenvalue weighted by atomic mass is 16.1. The van der Waals surface area contributed by atoms with Gasteiger partial charge in [0.1, 0.15) is 5.69 Å². The van der Waals surface area contributed by atoms with Gasteiger partial charge in [-0.1, -0.05) is 36.4 Å². The van der Waals surface area contributed by atoms with Crippen LogP contribution >= 0.6 is 0 Å². The van der Waals surface area contributed by atoms with Crippen LogP contribution in [0.1, 0.15) is 21.7 Å². The Labute approximate surface area is 145 Å². The minimum Gasteiger partial charge on any atom is -0.351 e. The maximum Gasteiger partial charge on any atom is 0.267 e. The van der Waals surface area contributed by atoms with Gasteiger partial charge in [-0.25, -0.2) is 4.68 Å². The van der Waals surface area contributed by atoms with Crippen LogP contribution in [-0.2, 0) is 6.54 Å². The van der Waals surface area contributed by atoms with Crippen molar-refractivity contribution < 1.29 is 4.79 Å². The van der Waals surface area contributed by atoms with E-state index < -0.39 is 0 Å². The number of benzene rings is 2. The third-order valence-electron chi connectivity index (χ3n) is 4.24. The van der Waals surface area contributed by atoms with E-state index in [-0.39, 0.29) is 5.91 Å². The van der Waals surface area contributed by atoms with E-state index in [1.807, 2.05) is 78.5 Å². The first kappa shape index (κ1) is 15.2. The highest BCUT2D eigenvalue weighted by Crippen LogP contribution is 2.15. The predicted octanol–water partition coefficient (Wildman–Crippen LogP) is 3.59. The van der Waals surface area contributed by atoms with Gasteiger partial charge in [0.05, 0.1) is 11.4 Å². The fourth-order valence-corrected chi connectivity index (χ4v) is 2.85. The van der Waals surface area contributed by atoms with Crippen LogP contribution in [-0.4, -0.2) is 20.7 Å². The van der Waals surface area contributed by atoms with Crippen molar-refractivity contribution in [3.05, 3.63) is 83.8 Å². The summed E-state index contributed by atoms with van der Waals surface area (Å²) in [5, 5.41) is 8.51. The molecular formula is C20H18N4O. The minimum atomic E-state index is -0.122. The number of nitrogens with one attached hydrogen (secondary N) is 2. The molecule has 4 aromatic rings. The van der Waals surface area contributed by atoms with Crippen LogP contribution in [0.4, 0.5) is 0 Å². The quantitative estimate of drug-likeness (QED) is 0.600. The summed E-state index contributed by atoms with van der Waals surface area (Å²) < 4.78 is 1.83. The highest BCUT2D eigenvalue weighted by molar-refractivity contribution is 5.97. The lowest BCUT2D eigenvalue weighted by Crippen LogP contribution is -2.23. The average Bonchev–Trinajstić information content (AvgIpc) is 3.24. The van der Waals surface area contributed by atoms with Gasteiger partial charge in [-0.05, 0) is 31.2 Å². The number of H-pyrrole nitrogens is 1. The fourth-order valence-electron chi connectivity index (χ4n) is 2.85. The maximum atomic E-state index is 12.4. The molecule has 124 valence electrons. The molecule has 0 saturated heterocycles. The van der Waals surface area contributed by atoms with E-state index in [2.05, 4.69) is 15.4 Å². The molecule has 0 bridgehead atoms. The molecule has 2 aromatic heterocycles. The number of aryl methyl sites for hydroxylation is 1. The molecule has 0 saturated carbocycles. The number of hydrogen-bond acceptors (Lipinski definition) is 2. The summed E-state index contributed by atoms with van der Waals surface area (Å²) >= 11 is 0. The lowest BCUT2D eigenvalue weighted by Gasteiger charge is -2.02. The number of rotatable bonds is 4. The average molecular weight is 330 g/mol. The molecular weight excluding hydrogens is 312 g/mol. The Kier molecular flexibility index (Phi) is 3.82. The van der Waals surface area contributed by atoms with Crippen LogP contribution in [0.2, 0.25) is 0 Å². The zero-order chi connectivity index (χ0) is 17.2. The number of fused-ring (bicyclic) bond motifs is 1. The number of carbonyl (C=O) groups is 1. The molecule has 25 heavy (non-hydrogen) atoms. The summed E-state index contributed by atoms with van der Waals surface area (Å²) in [5.74, 6) is -0.122. The number of aromatic nitrogens is 3. The van der Waals surface area contributed by atoms with Gasteiger partial charge in [0.15, 0.2) is 0 Å². The largest absolute Gasteiger partial charge is 0.351 e. The second-order valence-corrected chi connectivity index (χ2v) is 5.97. The second kappa shape index (κ2) is 6.28. The first-order valence-electron chi connectivity index (χ1n) is 8.17. The first-order valence-corrected chi connectivity index (χ1v) is 8.17. The van der Waals surface area contributed by atoms with Crippen molar-refractivity contribution in [3.63, 3.8) is 0 Å². The van der Waals surface area contributed by atoms with Gasteiger partial charge in [0, 0.05) is 29.2 Å². The van der Waals surface area contributed by atoms with Crippen molar-refractivity contribution in [2.45, 2.75) is 13.5 Å². The maximum absolute atomic E-state index is 12.4. The van der Waals surface area contributed by atoms with Crippen LogP contribution in [0.5, 0.6) is 0 Å². The van der Waals surface area contributed by atoms with Gasteiger partial charge >= 0.3 is 0 Å². The van der Waals surface area contributed by atoms with Gasteiger partial charge in [-0.3, -0.25) is 4.79 Å². The second-order valence-electron chi connectivity index (χ2n) is 5.97. The SMILES string of the molecule is Cc1nn(-c2ccccc2)cc1CNC(=O)c1cc2ccccc2[nH]1. The third-order valence-corrected chi connectivity index (χ3v) is 4.24. The number of para-hydroxylation sites is 2. The molecule has 2 heterocycles. The van der Waals surface area contributed by atoms with Crippen molar-refractivity contribution in [3.8, 4) is 5.69 Å². The number of nitrogens with zero attached hydrogens (tertiary/aromatic N) is 2. The molecule has 2 N–H and O–H groups in total. The van der Waals surface area contributed by atoms with E-state index in [4.69, 9.17) is 0 Å². The zero-order valence-electron chi connectivity index (χ0n) is 13.9. The van der Waals surface area contributed by atoms with Crippen LogP contribution in [0, 0.1) is 6.92 Å². The molecule has 5 heteroatoms. The molecule has 0 aliphatic carbocycles. The minimum absolute atomic E-state index is 0.122. The Bertz CT molecular complexity index is 997. The molecule has 1 amide bonds. The molecule has 0 radical (unpaired) electrons. The molecule has 0 aliphatic heterocycles. The van der Waals surface area contributed by atoms with Gasteiger partial charge in [0.2, 0.25) is 0 Å². The molecule has 0 aliphatic rings. The van der Waals surface area contributed by atoms with E-state index in [9.17, 15) is 4.79 Å². The number of carbonyl (C=O) groups excluding carboxylic acids is 1. The topological polar surface area (TPSA) is 62.7 Å². The van der Waals surface area contributed by atoms with Crippen LogP contribution in [0.15, 0.2) is 66.9 Å². The molecule has 0 atom stereocenters. The molecule has 0 fully saturated rings. The van der Waals surface area contributed by atoms with Crippen molar-refractivity contribution in [2.75, 3.05) is 0 Å². The Morgan fingerprint density at radius 3 is 2.68 bits per heavy atom. The third kappa shape index (κ3) is 3.04. The summed E-state index contributed by atoms with van der Waals surface area (Å²) in [6.07, 6.45) is 1.95. The zero-order valence-corrected chi connectivity index (χ0v) is 13.9. The van der Waals surface area contributed by atoms with E-state index in [1.165, 1.54) is 0 Å². The van der Waals surface area contributed by atoms with E-state index in [1.54, 1.807) is 0 Å². The van der Waals surface area contributed by atoms with Crippen molar-refractivity contribution in [2.24, 2.45) is 0 Å². The Morgan fingerprint density at radius 1 is 1.12 bits per heavy atom. The summed E-state index contributed by atoms with van der Waals surface area (Å²) in [5.41, 5.74) is 4.42. The van der Waals surface area contributed by atoms with Gasteiger partial charge < -0.3 is 10.3 Å². The lowest BCUT2D eigenvalue weighted by molar-refractivity contribution is 0.0946. The summed E-state index contributed by atoms with van der Waals surface area (Å²) in [6.45, 7) is 2.39. The van der Waals surface area contributed by atoms with Gasteiger partial charge in [-0.2, -0.15) is 5.10 Å². The predicted molar refractivity (Wildman–Crippen MR) is 97.8 cm³/mol. The van der Waals surface area contributed by atoms with Crippen molar-refractivity contribution in [1.82, 2.24) is 20.1 Å². The van der Waals surface area contributed by atoms with Gasteiger partial charge in [0.25, 0.3) is 5.91 Å². The van der Waals surface area contributed by atoms with E-state index in [0.29, 0.717) is 12.2 Å². The lowest BCUT2D eigenvalue weighted by atomic mass is 10.2. The number of aromatic amines is 1. The molecule has 0 unspecified atom stereocenters. The molecule has 4 rings (SSSR count). The molecule has 0 spiro atoms. The normalized spacial score (nSPS) is 10.9. The molecule has 2 aromatic carbocycles. The van der Waals surface area contributed by atoms with Crippen LogP contribution in [0.25, 0.3) is 16.6 Å². The smallest absolute Gasteiger partial charge is 0.267 e. The van der Waals surface area contributed by atoms with Crippen LogP contribution in [0.3, 0.4) is 0 Å². The highest BCUT2D eigenvalue weighted by Gasteiger charge is 2.11. The number of hydrogen-bond donors (Lipinski definition) is 2. The van der Waals surface area contributed by atoms with E-state index >= 15 is 0 Å². The fraction of sp³-hybridized carbons (Fsp3) is 0.100. The standard InChI is InChI=1S/C20H18N4O/c1-14-16(13-24(23-14)17-8-3-2-4-9-17)12-21-20(25)19-11-15-7-5-6-10-18(15)22-19/h2-11,13,22H,12H2,1H3,(H,21,25). The molecule has 5 nitrogen and oxygen atoms in total. The Hall–Kier alpha value is -3.34.